The number of aliphatic hydroxyl groups excluding tert-OH is 1. The van der Waals surface area contributed by atoms with E-state index in [1.54, 1.807) is 6.07 Å². The number of hydrogen-bond donors (Lipinski definition) is 1. The van der Waals surface area contributed by atoms with Gasteiger partial charge in [0.2, 0.25) is 0 Å². The number of benzene rings is 2. The van der Waals surface area contributed by atoms with E-state index in [-0.39, 0.29) is 5.56 Å². The molecule has 0 aromatic heterocycles. The maximum Gasteiger partial charge on any atom is 0.132 e. The van der Waals surface area contributed by atoms with E-state index in [0.29, 0.717) is 24.3 Å². The molecule has 0 saturated carbocycles. The van der Waals surface area contributed by atoms with Crippen LogP contribution in [0.25, 0.3) is 0 Å². The summed E-state index contributed by atoms with van der Waals surface area (Å²) >= 11 is 3.34. The Hall–Kier alpha value is -1.46. The number of fused-ring (bicyclic) bond motifs is 1. The second kappa shape index (κ2) is 5.14. The van der Waals surface area contributed by atoms with Crippen LogP contribution in [-0.2, 0) is 6.42 Å². The number of aliphatic hydroxyl groups is 1. The maximum atomic E-state index is 13.8. The lowest BCUT2D eigenvalue weighted by molar-refractivity contribution is 0.203. The Balaban J connectivity index is 2.14. The van der Waals surface area contributed by atoms with Crippen molar-refractivity contribution in [1.29, 1.82) is 0 Å². The molecule has 0 radical (unpaired) electrons. The molecule has 2 aromatic rings. The fourth-order valence-electron chi connectivity index (χ4n) is 2.43. The Kier molecular flexibility index (Phi) is 3.48. The molecular formula is C15H11BrF2O2. The highest BCUT2D eigenvalue weighted by molar-refractivity contribution is 9.10. The molecule has 3 rings (SSSR count). The van der Waals surface area contributed by atoms with Crippen LogP contribution in [0, 0.1) is 11.6 Å². The molecule has 104 valence electrons. The van der Waals surface area contributed by atoms with Gasteiger partial charge in [-0.25, -0.2) is 8.78 Å². The van der Waals surface area contributed by atoms with Crippen molar-refractivity contribution < 1.29 is 18.6 Å². The van der Waals surface area contributed by atoms with E-state index in [1.165, 1.54) is 6.07 Å². The smallest absolute Gasteiger partial charge is 0.132 e. The summed E-state index contributed by atoms with van der Waals surface area (Å²) in [6.07, 6.45) is -0.686. The molecule has 0 amide bonds. The summed E-state index contributed by atoms with van der Waals surface area (Å²) in [6.45, 7) is 0.505. The molecule has 5 heteroatoms. The van der Waals surface area contributed by atoms with Gasteiger partial charge in [0.1, 0.15) is 23.5 Å². The van der Waals surface area contributed by atoms with E-state index in [2.05, 4.69) is 15.9 Å². The van der Waals surface area contributed by atoms with E-state index in [4.69, 9.17) is 4.74 Å². The van der Waals surface area contributed by atoms with E-state index in [1.807, 2.05) is 6.07 Å². The van der Waals surface area contributed by atoms with Crippen LogP contribution in [0.1, 0.15) is 22.8 Å². The zero-order chi connectivity index (χ0) is 14.3. The highest BCUT2D eigenvalue weighted by Crippen LogP contribution is 2.39. The molecule has 0 spiro atoms. The number of halogens is 3. The van der Waals surface area contributed by atoms with E-state index in [0.717, 1.165) is 22.2 Å². The Bertz CT molecular complexity index is 653. The third kappa shape index (κ3) is 2.21. The molecule has 0 aliphatic carbocycles. The third-order valence-corrected chi connectivity index (χ3v) is 3.80. The summed E-state index contributed by atoms with van der Waals surface area (Å²) in [6, 6.07) is 7.03. The predicted molar refractivity (Wildman–Crippen MR) is 73.8 cm³/mol. The second-order valence-electron chi connectivity index (χ2n) is 4.62. The van der Waals surface area contributed by atoms with Crippen LogP contribution in [0.4, 0.5) is 8.78 Å². The first-order valence-electron chi connectivity index (χ1n) is 6.15. The van der Waals surface area contributed by atoms with E-state index in [9.17, 15) is 13.9 Å². The van der Waals surface area contributed by atoms with Gasteiger partial charge in [-0.1, -0.05) is 22.0 Å². The first-order valence-corrected chi connectivity index (χ1v) is 6.94. The van der Waals surface area contributed by atoms with Gasteiger partial charge in [-0.05, 0) is 29.8 Å². The Labute approximate surface area is 123 Å². The molecule has 0 bridgehead atoms. The van der Waals surface area contributed by atoms with Crippen molar-refractivity contribution >= 4 is 15.9 Å². The third-order valence-electron chi connectivity index (χ3n) is 3.34. The van der Waals surface area contributed by atoms with Crippen LogP contribution in [0.5, 0.6) is 5.75 Å². The van der Waals surface area contributed by atoms with Gasteiger partial charge in [0.05, 0.1) is 12.2 Å². The quantitative estimate of drug-likeness (QED) is 0.902. The van der Waals surface area contributed by atoms with Gasteiger partial charge in [0.25, 0.3) is 0 Å². The molecule has 20 heavy (non-hydrogen) atoms. The highest BCUT2D eigenvalue weighted by atomic mass is 79.9. The van der Waals surface area contributed by atoms with Gasteiger partial charge in [0, 0.05) is 16.5 Å². The monoisotopic (exact) mass is 340 g/mol. The van der Waals surface area contributed by atoms with Crippen molar-refractivity contribution in [3.05, 3.63) is 63.1 Å². The van der Waals surface area contributed by atoms with E-state index >= 15 is 0 Å². The maximum absolute atomic E-state index is 13.8. The van der Waals surface area contributed by atoms with Crippen LogP contribution in [-0.4, -0.2) is 11.7 Å². The molecule has 1 aliphatic rings. The normalized spacial score (nSPS) is 14.8. The molecule has 1 unspecified atom stereocenters. The minimum absolute atomic E-state index is 0.358. The summed E-state index contributed by atoms with van der Waals surface area (Å²) in [5.41, 5.74) is 0.935. The van der Waals surface area contributed by atoms with Gasteiger partial charge in [-0.2, -0.15) is 0 Å². The lowest BCUT2D eigenvalue weighted by Crippen LogP contribution is -2.07. The summed E-state index contributed by atoms with van der Waals surface area (Å²) < 4.78 is 33.8. The Morgan fingerprint density at radius 3 is 2.60 bits per heavy atom. The van der Waals surface area contributed by atoms with Crippen molar-refractivity contribution in [3.63, 3.8) is 0 Å². The first kappa shape index (κ1) is 13.5. The summed E-state index contributed by atoms with van der Waals surface area (Å²) in [5, 5.41) is 10.4. The topological polar surface area (TPSA) is 29.5 Å². The van der Waals surface area contributed by atoms with Gasteiger partial charge in [-0.3, -0.25) is 0 Å². The lowest BCUT2D eigenvalue weighted by Gasteiger charge is -2.17. The van der Waals surface area contributed by atoms with Gasteiger partial charge < -0.3 is 9.84 Å². The minimum atomic E-state index is -1.40. The van der Waals surface area contributed by atoms with Crippen molar-refractivity contribution in [2.24, 2.45) is 0 Å². The molecule has 1 atom stereocenters. The summed E-state index contributed by atoms with van der Waals surface area (Å²) in [4.78, 5) is 0. The largest absolute Gasteiger partial charge is 0.493 e. The van der Waals surface area contributed by atoms with Gasteiger partial charge in [0.15, 0.2) is 0 Å². The number of hydrogen-bond acceptors (Lipinski definition) is 2. The molecule has 1 N–H and O–H groups in total. The van der Waals surface area contributed by atoms with Gasteiger partial charge >= 0.3 is 0 Å². The average Bonchev–Trinajstić information content (AvgIpc) is 2.85. The predicted octanol–water partition coefficient (Wildman–Crippen LogP) is 3.74. The molecule has 0 saturated heterocycles. The summed E-state index contributed by atoms with van der Waals surface area (Å²) in [7, 11) is 0. The van der Waals surface area contributed by atoms with E-state index < -0.39 is 17.7 Å². The van der Waals surface area contributed by atoms with Crippen LogP contribution in [0.2, 0.25) is 0 Å². The van der Waals surface area contributed by atoms with Gasteiger partial charge in [-0.15, -0.1) is 0 Å². The lowest BCUT2D eigenvalue weighted by atomic mass is 9.97. The number of rotatable bonds is 2. The number of ether oxygens (including phenoxy) is 1. The molecular weight excluding hydrogens is 330 g/mol. The Morgan fingerprint density at radius 2 is 1.90 bits per heavy atom. The van der Waals surface area contributed by atoms with Crippen molar-refractivity contribution in [2.45, 2.75) is 12.5 Å². The van der Waals surface area contributed by atoms with Crippen molar-refractivity contribution in [1.82, 2.24) is 0 Å². The van der Waals surface area contributed by atoms with Crippen LogP contribution in [0.15, 0.2) is 34.8 Å². The van der Waals surface area contributed by atoms with Crippen molar-refractivity contribution in [2.75, 3.05) is 6.61 Å². The minimum Gasteiger partial charge on any atom is -0.493 e. The SMILES string of the molecule is OC(c1cc(Br)cc2c1OCC2)c1c(F)cccc1F. The van der Waals surface area contributed by atoms with Crippen molar-refractivity contribution in [3.8, 4) is 5.75 Å². The molecule has 1 aliphatic heterocycles. The average molecular weight is 341 g/mol. The molecule has 2 nitrogen and oxygen atoms in total. The fourth-order valence-corrected chi connectivity index (χ4v) is 2.95. The molecule has 2 aromatic carbocycles. The van der Waals surface area contributed by atoms with Crippen LogP contribution < -0.4 is 4.74 Å². The molecule has 0 fully saturated rings. The molecule has 1 heterocycles. The van der Waals surface area contributed by atoms with Crippen LogP contribution >= 0.6 is 15.9 Å². The highest BCUT2D eigenvalue weighted by Gasteiger charge is 2.26. The second-order valence-corrected chi connectivity index (χ2v) is 5.54. The standard InChI is InChI=1S/C15H11BrF2O2/c16-9-6-8-4-5-20-15(8)10(7-9)14(19)13-11(17)2-1-3-12(13)18/h1-3,6-7,14,19H,4-5H2. The zero-order valence-electron chi connectivity index (χ0n) is 10.4. The fraction of sp³-hybridized carbons (Fsp3) is 0.200. The Morgan fingerprint density at radius 1 is 1.20 bits per heavy atom. The summed E-state index contributed by atoms with van der Waals surface area (Å²) in [5.74, 6) is -1.03. The zero-order valence-corrected chi connectivity index (χ0v) is 12.0. The van der Waals surface area contributed by atoms with Crippen LogP contribution in [0.3, 0.4) is 0 Å². The first-order chi connectivity index (χ1) is 9.58.